The van der Waals surface area contributed by atoms with Crippen molar-refractivity contribution in [2.24, 2.45) is 0 Å². The number of hydrogen-bond donors (Lipinski definition) is 2. The van der Waals surface area contributed by atoms with E-state index in [1.54, 1.807) is 0 Å². The van der Waals surface area contributed by atoms with E-state index in [-0.39, 0.29) is 0 Å². The summed E-state index contributed by atoms with van der Waals surface area (Å²) < 4.78 is 0. The fourth-order valence-electron chi connectivity index (χ4n) is 2.25. The quantitative estimate of drug-likeness (QED) is 0.771. The molecule has 0 aliphatic rings. The van der Waals surface area contributed by atoms with Crippen LogP contribution < -0.4 is 20.3 Å². The maximum absolute atomic E-state index is 3.53. The van der Waals surface area contributed by atoms with Crippen LogP contribution in [0.3, 0.4) is 0 Å². The van der Waals surface area contributed by atoms with Gasteiger partial charge in [-0.3, -0.25) is 0 Å². The van der Waals surface area contributed by atoms with Gasteiger partial charge in [-0.2, -0.15) is 0 Å². The fourth-order valence-corrected chi connectivity index (χ4v) is 5.37. The van der Waals surface area contributed by atoms with Crippen molar-refractivity contribution >= 4 is 18.8 Å². The van der Waals surface area contributed by atoms with E-state index < -0.39 is 8.40 Å². The lowest BCUT2D eigenvalue weighted by molar-refractivity contribution is 1.06. The van der Waals surface area contributed by atoms with Gasteiger partial charge in [0.1, 0.15) is 0 Å². The topological polar surface area (TPSA) is 24.1 Å². The molecule has 0 atom stereocenters. The zero-order valence-electron chi connectivity index (χ0n) is 10.3. The van der Waals surface area contributed by atoms with Crippen molar-refractivity contribution in [3.05, 3.63) is 60.7 Å². The second kappa shape index (κ2) is 5.27. The molecule has 17 heavy (non-hydrogen) atoms. The molecule has 0 spiro atoms. The van der Waals surface area contributed by atoms with Crippen molar-refractivity contribution in [3.63, 3.8) is 0 Å². The van der Waals surface area contributed by atoms with Gasteiger partial charge in [-0.1, -0.05) is 60.7 Å². The normalized spacial score (nSPS) is 11.4. The van der Waals surface area contributed by atoms with Crippen molar-refractivity contribution in [2.45, 2.75) is 0 Å². The lowest BCUT2D eigenvalue weighted by atomic mass is 10.4. The maximum atomic E-state index is 3.53. The number of nitrogens with one attached hydrogen (secondary N) is 2. The minimum absolute atomic E-state index is 1.34. The van der Waals surface area contributed by atoms with Gasteiger partial charge in [0.2, 0.25) is 0 Å². The second-order valence-corrected chi connectivity index (χ2v) is 7.64. The second-order valence-electron chi connectivity index (χ2n) is 3.98. The van der Waals surface area contributed by atoms with E-state index in [9.17, 15) is 0 Å². The smallest absolute Gasteiger partial charge is 0.267 e. The van der Waals surface area contributed by atoms with E-state index in [2.05, 4.69) is 70.6 Å². The molecule has 0 radical (unpaired) electrons. The molecule has 0 heterocycles. The number of benzene rings is 2. The standard InChI is InChI=1S/C14H18N2Si/c1-15-17(16-2,13-9-5-3-6-10-13)14-11-7-4-8-12-14/h3-12,15-16H,1-2H3. The molecule has 88 valence electrons. The van der Waals surface area contributed by atoms with Crippen LogP contribution in [0.1, 0.15) is 0 Å². The SMILES string of the molecule is CN[Si](NC)(c1ccccc1)c1ccccc1. The van der Waals surface area contributed by atoms with Crippen LogP contribution >= 0.6 is 0 Å². The Morgan fingerprint density at radius 3 is 1.29 bits per heavy atom. The molecule has 2 N–H and O–H groups in total. The van der Waals surface area contributed by atoms with E-state index in [4.69, 9.17) is 0 Å². The van der Waals surface area contributed by atoms with Crippen molar-refractivity contribution < 1.29 is 0 Å². The highest BCUT2D eigenvalue weighted by atomic mass is 28.3. The Bertz CT molecular complexity index is 411. The molecule has 0 amide bonds. The lowest BCUT2D eigenvalue weighted by Gasteiger charge is -2.31. The van der Waals surface area contributed by atoms with Crippen LogP contribution in [0.15, 0.2) is 60.7 Å². The molecule has 3 heteroatoms. The van der Waals surface area contributed by atoms with Gasteiger partial charge >= 0.3 is 0 Å². The summed E-state index contributed by atoms with van der Waals surface area (Å²) in [6.07, 6.45) is 0. The van der Waals surface area contributed by atoms with Gasteiger partial charge in [0.25, 0.3) is 8.40 Å². The van der Waals surface area contributed by atoms with Gasteiger partial charge < -0.3 is 9.96 Å². The zero-order valence-corrected chi connectivity index (χ0v) is 11.3. The zero-order chi connectivity index (χ0) is 12.1. The molecular weight excluding hydrogens is 224 g/mol. The minimum atomic E-state index is -2.00. The van der Waals surface area contributed by atoms with Crippen LogP contribution in [-0.4, -0.2) is 22.5 Å². The molecule has 0 aromatic heterocycles. The average Bonchev–Trinajstić information content (AvgIpc) is 2.43. The highest BCUT2D eigenvalue weighted by Gasteiger charge is 2.34. The van der Waals surface area contributed by atoms with E-state index in [0.717, 1.165) is 0 Å². The summed E-state index contributed by atoms with van der Waals surface area (Å²) >= 11 is 0. The predicted octanol–water partition coefficient (Wildman–Crippen LogP) is 0.682. The first kappa shape index (κ1) is 12.0. The van der Waals surface area contributed by atoms with Gasteiger partial charge in [-0.15, -0.1) is 0 Å². The Kier molecular flexibility index (Phi) is 3.74. The molecule has 0 aliphatic heterocycles. The Hall–Kier alpha value is -1.42. The molecule has 2 rings (SSSR count). The van der Waals surface area contributed by atoms with E-state index in [0.29, 0.717) is 0 Å². The summed E-state index contributed by atoms with van der Waals surface area (Å²) in [6, 6.07) is 21.2. The average molecular weight is 242 g/mol. The van der Waals surface area contributed by atoms with E-state index in [1.807, 2.05) is 14.1 Å². The summed E-state index contributed by atoms with van der Waals surface area (Å²) in [4.78, 5) is 7.05. The van der Waals surface area contributed by atoms with Gasteiger partial charge in [0.15, 0.2) is 0 Å². The first-order chi connectivity index (χ1) is 8.33. The summed E-state index contributed by atoms with van der Waals surface area (Å²) in [5.74, 6) is 0. The summed E-state index contributed by atoms with van der Waals surface area (Å²) in [7, 11) is 2.07. The van der Waals surface area contributed by atoms with Gasteiger partial charge in [0.05, 0.1) is 0 Å². The van der Waals surface area contributed by atoms with Crippen molar-refractivity contribution in [1.82, 2.24) is 9.96 Å². The van der Waals surface area contributed by atoms with Gasteiger partial charge in [0, 0.05) is 0 Å². The molecule has 0 unspecified atom stereocenters. The molecule has 2 nitrogen and oxygen atoms in total. The van der Waals surface area contributed by atoms with Crippen molar-refractivity contribution in [3.8, 4) is 0 Å². The van der Waals surface area contributed by atoms with E-state index in [1.165, 1.54) is 10.4 Å². The Balaban J connectivity index is 2.54. The Labute approximate surface area is 104 Å². The highest BCUT2D eigenvalue weighted by Crippen LogP contribution is 1.98. The van der Waals surface area contributed by atoms with Crippen LogP contribution in [0.5, 0.6) is 0 Å². The molecule has 2 aromatic carbocycles. The summed E-state index contributed by atoms with van der Waals surface area (Å²) in [5.41, 5.74) is 0. The number of rotatable bonds is 4. The third-order valence-corrected chi connectivity index (χ3v) is 7.06. The summed E-state index contributed by atoms with van der Waals surface area (Å²) in [6.45, 7) is 0. The fraction of sp³-hybridized carbons (Fsp3) is 0.143. The van der Waals surface area contributed by atoms with Gasteiger partial charge in [-0.05, 0) is 24.5 Å². The summed E-state index contributed by atoms with van der Waals surface area (Å²) in [5, 5.41) is 2.69. The third kappa shape index (κ3) is 2.17. The number of hydrogen-bond acceptors (Lipinski definition) is 2. The van der Waals surface area contributed by atoms with Crippen molar-refractivity contribution in [2.75, 3.05) is 14.1 Å². The molecule has 0 saturated carbocycles. The van der Waals surface area contributed by atoms with Crippen LogP contribution in [-0.2, 0) is 0 Å². The Morgan fingerprint density at radius 1 is 0.647 bits per heavy atom. The molecule has 0 fully saturated rings. The molecule has 0 bridgehead atoms. The van der Waals surface area contributed by atoms with Crippen LogP contribution in [0.2, 0.25) is 0 Å². The first-order valence-electron chi connectivity index (χ1n) is 5.82. The molecule has 2 aromatic rings. The third-order valence-electron chi connectivity index (χ3n) is 3.16. The van der Waals surface area contributed by atoms with Crippen LogP contribution in [0, 0.1) is 0 Å². The lowest BCUT2D eigenvalue weighted by Crippen LogP contribution is -2.76. The minimum Gasteiger partial charge on any atom is -0.321 e. The van der Waals surface area contributed by atoms with Gasteiger partial charge in [-0.25, -0.2) is 0 Å². The molecular formula is C14H18N2Si. The van der Waals surface area contributed by atoms with E-state index >= 15 is 0 Å². The Morgan fingerprint density at radius 2 is 1.00 bits per heavy atom. The first-order valence-corrected chi connectivity index (χ1v) is 7.82. The van der Waals surface area contributed by atoms with Crippen molar-refractivity contribution in [1.29, 1.82) is 0 Å². The van der Waals surface area contributed by atoms with Crippen LogP contribution in [0.4, 0.5) is 0 Å². The largest absolute Gasteiger partial charge is 0.321 e. The van der Waals surface area contributed by atoms with Crippen LogP contribution in [0.25, 0.3) is 0 Å². The predicted molar refractivity (Wildman–Crippen MR) is 76.0 cm³/mol. The monoisotopic (exact) mass is 242 g/mol. The molecule has 0 saturated heterocycles. The maximum Gasteiger partial charge on any atom is 0.267 e. The highest BCUT2D eigenvalue weighted by molar-refractivity contribution is 6.98. The molecule has 0 aliphatic carbocycles.